The Morgan fingerprint density at radius 1 is 0.857 bits per heavy atom. The van der Waals surface area contributed by atoms with Gasteiger partial charge in [-0.1, -0.05) is 0 Å². The van der Waals surface area contributed by atoms with Crippen molar-refractivity contribution in [2.24, 2.45) is 0 Å². The molecule has 3 aromatic rings. The number of hydrogen-bond donors (Lipinski definition) is 0. The van der Waals surface area contributed by atoms with Gasteiger partial charge in [0.15, 0.2) is 17.2 Å². The van der Waals surface area contributed by atoms with Gasteiger partial charge in [0.2, 0.25) is 17.7 Å². The maximum Gasteiger partial charge on any atom is 0.331 e. The van der Waals surface area contributed by atoms with Gasteiger partial charge in [-0.15, -0.1) is 0 Å². The highest BCUT2D eigenvalue weighted by molar-refractivity contribution is 5.82. The molecule has 2 atom stereocenters. The van der Waals surface area contributed by atoms with Crippen molar-refractivity contribution in [2.45, 2.75) is 25.7 Å². The molecule has 0 aliphatic heterocycles. The maximum atomic E-state index is 12.3. The molecule has 2 aromatic heterocycles. The summed E-state index contributed by atoms with van der Waals surface area (Å²) in [5.41, 5.74) is 0.445. The lowest BCUT2D eigenvalue weighted by atomic mass is 10.1. The van der Waals surface area contributed by atoms with E-state index in [1.807, 2.05) is 12.1 Å². The normalized spacial score (nSPS) is 11.8. The number of rotatable bonds is 7. The van der Waals surface area contributed by atoms with Crippen LogP contribution >= 0.6 is 0 Å². The first-order chi connectivity index (χ1) is 16.9. The van der Waals surface area contributed by atoms with Crippen molar-refractivity contribution in [1.29, 1.82) is 21.0 Å². The molecular formula is C22H14N8O5. The third-order valence-electron chi connectivity index (χ3n) is 4.45. The molecule has 0 aliphatic rings. The first-order valence-corrected chi connectivity index (χ1v) is 10.0. The van der Waals surface area contributed by atoms with Crippen LogP contribution in [0.25, 0.3) is 22.8 Å². The molecule has 2 unspecified atom stereocenters. The van der Waals surface area contributed by atoms with E-state index < -0.39 is 35.4 Å². The molecule has 0 spiro atoms. The van der Waals surface area contributed by atoms with Crippen LogP contribution < -0.4 is 0 Å². The molecule has 0 saturated heterocycles. The van der Waals surface area contributed by atoms with Crippen LogP contribution in [0.4, 0.5) is 0 Å². The van der Waals surface area contributed by atoms with Crippen molar-refractivity contribution in [3.8, 4) is 36.0 Å². The number of hydrogen-bond acceptors (Lipinski definition) is 13. The van der Waals surface area contributed by atoms with E-state index in [4.69, 9.17) is 13.9 Å². The Morgan fingerprint density at radius 2 is 1.37 bits per heavy atom. The van der Waals surface area contributed by atoms with E-state index >= 15 is 0 Å². The summed E-state index contributed by atoms with van der Waals surface area (Å²) in [5, 5.41) is 37.5. The summed E-state index contributed by atoms with van der Waals surface area (Å²) in [4.78, 5) is 40.9. The second-order valence-electron chi connectivity index (χ2n) is 6.61. The van der Waals surface area contributed by atoms with E-state index in [1.54, 1.807) is 26.0 Å². The van der Waals surface area contributed by atoms with Crippen molar-refractivity contribution in [1.82, 2.24) is 19.9 Å². The zero-order chi connectivity index (χ0) is 25.5. The van der Waals surface area contributed by atoms with Gasteiger partial charge in [-0.25, -0.2) is 19.9 Å². The molecular weight excluding hydrogens is 456 g/mol. The summed E-state index contributed by atoms with van der Waals surface area (Å²) in [6.07, 6.45) is 0. The topological polar surface area (TPSA) is 212 Å². The quantitative estimate of drug-likeness (QED) is 0.451. The summed E-state index contributed by atoms with van der Waals surface area (Å²) in [6, 6.07) is 9.84. The molecule has 2 heterocycles. The average Bonchev–Trinajstić information content (AvgIpc) is 3.27. The van der Waals surface area contributed by atoms with Gasteiger partial charge in [-0.2, -0.15) is 21.0 Å². The van der Waals surface area contributed by atoms with Crippen molar-refractivity contribution >= 4 is 23.0 Å². The minimum Gasteiger partial charge on any atom is -0.465 e. The maximum absolute atomic E-state index is 12.3. The van der Waals surface area contributed by atoms with Crippen LogP contribution in [-0.4, -0.2) is 45.1 Å². The Balaban J connectivity index is 2.24. The standard InChI is InChI=1S/C22H14N8O5/c1-3-33-21(31)13(9-25)17-28-18(14(10-26)22(32)34-4-2)30-19(29-17)20-27-15-5-11(7-23)12(8-24)6-16(15)35-20/h5-6,13-14H,3-4H2,1-2H3. The minimum atomic E-state index is -1.60. The lowest BCUT2D eigenvalue weighted by Gasteiger charge is -2.11. The minimum absolute atomic E-state index is 0.0148. The second kappa shape index (κ2) is 10.5. The zero-order valence-corrected chi connectivity index (χ0v) is 18.3. The van der Waals surface area contributed by atoms with E-state index in [2.05, 4.69) is 19.9 Å². The third-order valence-corrected chi connectivity index (χ3v) is 4.45. The van der Waals surface area contributed by atoms with Crippen LogP contribution in [0.1, 0.15) is 48.5 Å². The largest absolute Gasteiger partial charge is 0.465 e. The average molecular weight is 470 g/mol. The summed E-state index contributed by atoms with van der Waals surface area (Å²) in [5.74, 6) is -6.41. The van der Waals surface area contributed by atoms with Crippen molar-refractivity contribution in [3.05, 3.63) is 34.9 Å². The number of ether oxygens (including phenoxy) is 2. The number of carbonyl (C=O) groups is 2. The van der Waals surface area contributed by atoms with Crippen LogP contribution in [-0.2, 0) is 19.1 Å². The predicted molar refractivity (Wildman–Crippen MR) is 112 cm³/mol. The third kappa shape index (κ3) is 4.85. The summed E-state index contributed by atoms with van der Waals surface area (Å²) < 4.78 is 15.4. The van der Waals surface area contributed by atoms with Crippen LogP contribution in [0.5, 0.6) is 0 Å². The number of aromatic nitrogens is 4. The van der Waals surface area contributed by atoms with Gasteiger partial charge >= 0.3 is 11.9 Å². The number of nitriles is 4. The molecule has 172 valence electrons. The second-order valence-corrected chi connectivity index (χ2v) is 6.61. The fourth-order valence-corrected chi connectivity index (χ4v) is 2.90. The Bertz CT molecular complexity index is 1380. The molecule has 0 aliphatic carbocycles. The summed E-state index contributed by atoms with van der Waals surface area (Å²) in [7, 11) is 0. The molecule has 0 fully saturated rings. The van der Waals surface area contributed by atoms with E-state index in [0.717, 1.165) is 0 Å². The molecule has 0 saturated carbocycles. The Labute approximate surface area is 197 Å². The molecule has 35 heavy (non-hydrogen) atoms. The molecule has 1 aromatic carbocycles. The first-order valence-electron chi connectivity index (χ1n) is 10.0. The van der Waals surface area contributed by atoms with Gasteiger partial charge in [0.1, 0.15) is 17.7 Å². The molecule has 13 heteroatoms. The number of oxazole rings is 1. The smallest absolute Gasteiger partial charge is 0.331 e. The highest BCUT2D eigenvalue weighted by Gasteiger charge is 2.32. The van der Waals surface area contributed by atoms with Crippen LogP contribution in [0, 0.1) is 45.3 Å². The van der Waals surface area contributed by atoms with Gasteiger partial charge in [-0.3, -0.25) is 9.59 Å². The van der Waals surface area contributed by atoms with Gasteiger partial charge in [-0.05, 0) is 19.9 Å². The van der Waals surface area contributed by atoms with Crippen LogP contribution in [0.15, 0.2) is 16.5 Å². The number of nitrogens with zero attached hydrogens (tertiary/aromatic N) is 8. The highest BCUT2D eigenvalue weighted by atomic mass is 16.5. The van der Waals surface area contributed by atoms with Gasteiger partial charge in [0, 0.05) is 6.07 Å². The van der Waals surface area contributed by atoms with Crippen molar-refractivity contribution in [3.63, 3.8) is 0 Å². The lowest BCUT2D eigenvalue weighted by molar-refractivity contribution is -0.144. The van der Waals surface area contributed by atoms with Gasteiger partial charge in [0.05, 0.1) is 36.5 Å². The summed E-state index contributed by atoms with van der Waals surface area (Å²) >= 11 is 0. The first kappa shape index (κ1) is 24.2. The number of carbonyl (C=O) groups excluding carboxylic acids is 2. The fraction of sp³-hybridized carbons (Fsp3) is 0.273. The summed E-state index contributed by atoms with van der Waals surface area (Å²) in [6.45, 7) is 3.07. The van der Waals surface area contributed by atoms with Crippen LogP contribution in [0.2, 0.25) is 0 Å². The highest BCUT2D eigenvalue weighted by Crippen LogP contribution is 2.27. The monoisotopic (exact) mass is 470 g/mol. The molecule has 0 radical (unpaired) electrons. The number of esters is 2. The SMILES string of the molecule is CCOC(=O)C(C#N)c1nc(-c2nc3cc(C#N)c(C#N)cc3o2)nc(C(C#N)C(=O)OCC)n1. The fourth-order valence-electron chi connectivity index (χ4n) is 2.90. The predicted octanol–water partition coefficient (Wildman–Crippen LogP) is 1.76. The van der Waals surface area contributed by atoms with E-state index in [1.165, 1.54) is 12.1 Å². The molecule has 3 rings (SSSR count). The van der Waals surface area contributed by atoms with Gasteiger partial charge < -0.3 is 13.9 Å². The Morgan fingerprint density at radius 3 is 1.83 bits per heavy atom. The van der Waals surface area contributed by atoms with E-state index in [-0.39, 0.29) is 47.2 Å². The Hall–Kier alpha value is -5.40. The van der Waals surface area contributed by atoms with Gasteiger partial charge in [0.25, 0.3) is 5.89 Å². The Kier molecular flexibility index (Phi) is 7.26. The van der Waals surface area contributed by atoms with E-state index in [0.29, 0.717) is 0 Å². The number of fused-ring (bicyclic) bond motifs is 1. The molecule has 0 N–H and O–H groups in total. The van der Waals surface area contributed by atoms with Crippen molar-refractivity contribution < 1.29 is 23.5 Å². The van der Waals surface area contributed by atoms with E-state index in [9.17, 15) is 30.6 Å². The number of benzene rings is 1. The van der Waals surface area contributed by atoms with Crippen LogP contribution in [0.3, 0.4) is 0 Å². The van der Waals surface area contributed by atoms with Crippen molar-refractivity contribution in [2.75, 3.05) is 13.2 Å². The molecule has 0 amide bonds. The lowest BCUT2D eigenvalue weighted by Crippen LogP contribution is -2.22. The molecule has 13 nitrogen and oxygen atoms in total. The molecule has 0 bridgehead atoms. The zero-order valence-electron chi connectivity index (χ0n) is 18.3.